The number of nitrogens with zero attached hydrogens (tertiary/aromatic N) is 2. The van der Waals surface area contributed by atoms with E-state index in [1.54, 1.807) is 6.07 Å². The second kappa shape index (κ2) is 5.94. The van der Waals surface area contributed by atoms with Gasteiger partial charge in [-0.25, -0.2) is 0 Å². The van der Waals surface area contributed by atoms with Crippen LogP contribution in [0.2, 0.25) is 0 Å². The van der Waals surface area contributed by atoms with Gasteiger partial charge in [-0.3, -0.25) is 0 Å². The van der Waals surface area contributed by atoms with Crippen LogP contribution in [0.4, 0.5) is 5.95 Å². The van der Waals surface area contributed by atoms with E-state index < -0.39 is 0 Å². The summed E-state index contributed by atoms with van der Waals surface area (Å²) in [7, 11) is 3.07. The van der Waals surface area contributed by atoms with E-state index >= 15 is 0 Å². The quantitative estimate of drug-likeness (QED) is 0.785. The van der Waals surface area contributed by atoms with E-state index in [9.17, 15) is 0 Å². The Kier molecular flexibility index (Phi) is 4.58. The number of nitrogens with one attached hydrogen (secondary N) is 1. The SMILES string of the molecule is C#CC(Nc1nc(OC)cc(OC)n1)C(C)C. The van der Waals surface area contributed by atoms with Crippen LogP contribution < -0.4 is 14.8 Å². The van der Waals surface area contributed by atoms with Crippen LogP contribution in [0.1, 0.15) is 13.8 Å². The van der Waals surface area contributed by atoms with Crippen molar-refractivity contribution in [3.05, 3.63) is 6.07 Å². The van der Waals surface area contributed by atoms with Crippen molar-refractivity contribution < 1.29 is 9.47 Å². The molecular formula is C12H17N3O2. The molecule has 1 N–H and O–H groups in total. The summed E-state index contributed by atoms with van der Waals surface area (Å²) < 4.78 is 10.1. The average Bonchev–Trinajstić information content (AvgIpc) is 2.34. The molecule has 1 rings (SSSR count). The molecule has 1 aromatic heterocycles. The highest BCUT2D eigenvalue weighted by molar-refractivity contribution is 5.36. The van der Waals surface area contributed by atoms with Crippen molar-refractivity contribution in [1.82, 2.24) is 9.97 Å². The molecule has 1 unspecified atom stereocenters. The Bertz CT molecular complexity index is 390. The average molecular weight is 235 g/mol. The van der Waals surface area contributed by atoms with Gasteiger partial charge in [0.25, 0.3) is 0 Å². The van der Waals surface area contributed by atoms with Crippen LogP contribution in [0.3, 0.4) is 0 Å². The molecule has 1 atom stereocenters. The largest absolute Gasteiger partial charge is 0.481 e. The second-order valence-corrected chi connectivity index (χ2v) is 3.81. The van der Waals surface area contributed by atoms with Crippen molar-refractivity contribution in [1.29, 1.82) is 0 Å². The first-order valence-electron chi connectivity index (χ1n) is 5.30. The van der Waals surface area contributed by atoms with Crippen LogP contribution in [-0.4, -0.2) is 30.2 Å². The third-order valence-electron chi connectivity index (χ3n) is 2.23. The Balaban J connectivity index is 2.94. The van der Waals surface area contributed by atoms with Gasteiger partial charge in [-0.15, -0.1) is 6.42 Å². The minimum atomic E-state index is -0.133. The monoisotopic (exact) mass is 235 g/mol. The lowest BCUT2D eigenvalue weighted by Crippen LogP contribution is -2.24. The molecule has 17 heavy (non-hydrogen) atoms. The molecule has 0 spiro atoms. The number of rotatable bonds is 5. The topological polar surface area (TPSA) is 56.3 Å². The van der Waals surface area contributed by atoms with Crippen molar-refractivity contribution in [2.75, 3.05) is 19.5 Å². The smallest absolute Gasteiger partial charge is 0.230 e. The standard InChI is InChI=1S/C12H17N3O2/c1-6-9(8(2)3)13-12-14-10(16-4)7-11(15-12)17-5/h1,7-9H,2-5H3,(H,13,14,15). The Hall–Kier alpha value is -1.96. The van der Waals surface area contributed by atoms with Crippen molar-refractivity contribution in [2.45, 2.75) is 19.9 Å². The molecule has 0 aromatic carbocycles. The molecule has 0 amide bonds. The molecule has 5 nitrogen and oxygen atoms in total. The van der Waals surface area contributed by atoms with Gasteiger partial charge in [0.05, 0.1) is 26.3 Å². The first-order valence-corrected chi connectivity index (χ1v) is 5.30. The number of ether oxygens (including phenoxy) is 2. The first-order chi connectivity index (χ1) is 8.10. The highest BCUT2D eigenvalue weighted by atomic mass is 16.5. The summed E-state index contributed by atoms with van der Waals surface area (Å²) in [5.74, 6) is 4.19. The highest BCUT2D eigenvalue weighted by Gasteiger charge is 2.13. The molecule has 5 heteroatoms. The van der Waals surface area contributed by atoms with E-state index in [-0.39, 0.29) is 12.0 Å². The molecule has 0 radical (unpaired) electrons. The maximum absolute atomic E-state index is 5.43. The number of hydrogen-bond donors (Lipinski definition) is 1. The van der Waals surface area contributed by atoms with Crippen molar-refractivity contribution in [3.8, 4) is 24.1 Å². The van der Waals surface area contributed by atoms with E-state index in [2.05, 4.69) is 21.2 Å². The lowest BCUT2D eigenvalue weighted by molar-refractivity contribution is 0.372. The van der Waals surface area contributed by atoms with Gasteiger partial charge in [0.15, 0.2) is 0 Å². The number of hydrogen-bond acceptors (Lipinski definition) is 5. The third-order valence-corrected chi connectivity index (χ3v) is 2.23. The predicted molar refractivity (Wildman–Crippen MR) is 66.2 cm³/mol. The zero-order valence-electron chi connectivity index (χ0n) is 10.5. The lowest BCUT2D eigenvalue weighted by Gasteiger charge is -2.17. The summed E-state index contributed by atoms with van der Waals surface area (Å²) >= 11 is 0. The van der Waals surface area contributed by atoms with Gasteiger partial charge in [-0.05, 0) is 5.92 Å². The lowest BCUT2D eigenvalue weighted by atomic mass is 10.1. The maximum atomic E-state index is 5.43. The number of anilines is 1. The molecule has 0 aliphatic carbocycles. The van der Waals surface area contributed by atoms with E-state index in [1.807, 2.05) is 13.8 Å². The summed E-state index contributed by atoms with van der Waals surface area (Å²) in [6.07, 6.45) is 5.43. The second-order valence-electron chi connectivity index (χ2n) is 3.81. The Labute approximate surface area is 102 Å². The van der Waals surface area contributed by atoms with Gasteiger partial charge < -0.3 is 14.8 Å². The van der Waals surface area contributed by atoms with Gasteiger partial charge in [0.1, 0.15) is 0 Å². The van der Waals surface area contributed by atoms with Crippen molar-refractivity contribution >= 4 is 5.95 Å². The zero-order valence-corrected chi connectivity index (χ0v) is 10.5. The van der Waals surface area contributed by atoms with Crippen LogP contribution in [0.25, 0.3) is 0 Å². The molecule has 0 bridgehead atoms. The Morgan fingerprint density at radius 1 is 1.24 bits per heavy atom. The van der Waals surface area contributed by atoms with Crippen LogP contribution in [0.5, 0.6) is 11.8 Å². The maximum Gasteiger partial charge on any atom is 0.230 e. The highest BCUT2D eigenvalue weighted by Crippen LogP contribution is 2.18. The summed E-state index contributed by atoms with van der Waals surface area (Å²) in [4.78, 5) is 8.30. The van der Waals surface area contributed by atoms with Crippen LogP contribution in [-0.2, 0) is 0 Å². The first kappa shape index (κ1) is 13.1. The van der Waals surface area contributed by atoms with Crippen molar-refractivity contribution in [3.63, 3.8) is 0 Å². The molecule has 0 fully saturated rings. The van der Waals surface area contributed by atoms with Crippen LogP contribution in [0, 0.1) is 18.3 Å². The van der Waals surface area contributed by atoms with Gasteiger partial charge >= 0.3 is 0 Å². The molecule has 0 saturated heterocycles. The Morgan fingerprint density at radius 3 is 2.12 bits per heavy atom. The normalized spacial score (nSPS) is 11.8. The molecule has 1 aromatic rings. The van der Waals surface area contributed by atoms with E-state index in [0.29, 0.717) is 17.7 Å². The van der Waals surface area contributed by atoms with Gasteiger partial charge in [0.2, 0.25) is 17.7 Å². The number of methoxy groups -OCH3 is 2. The fraction of sp³-hybridized carbons (Fsp3) is 0.500. The van der Waals surface area contributed by atoms with Gasteiger partial charge in [-0.1, -0.05) is 19.8 Å². The Morgan fingerprint density at radius 2 is 1.76 bits per heavy atom. The summed E-state index contributed by atoms with van der Waals surface area (Å²) in [6, 6.07) is 1.47. The molecule has 0 saturated carbocycles. The van der Waals surface area contributed by atoms with E-state index in [4.69, 9.17) is 15.9 Å². The predicted octanol–water partition coefficient (Wildman–Crippen LogP) is 1.56. The minimum absolute atomic E-state index is 0.133. The zero-order chi connectivity index (χ0) is 12.8. The molecular weight excluding hydrogens is 218 g/mol. The number of terminal acetylenes is 1. The fourth-order valence-electron chi connectivity index (χ4n) is 1.22. The van der Waals surface area contributed by atoms with Crippen molar-refractivity contribution in [2.24, 2.45) is 5.92 Å². The molecule has 0 aliphatic heterocycles. The summed E-state index contributed by atoms with van der Waals surface area (Å²) in [6.45, 7) is 4.05. The fourth-order valence-corrected chi connectivity index (χ4v) is 1.22. The van der Waals surface area contributed by atoms with Gasteiger partial charge in [-0.2, -0.15) is 9.97 Å². The van der Waals surface area contributed by atoms with Crippen LogP contribution in [0.15, 0.2) is 6.07 Å². The van der Waals surface area contributed by atoms with Gasteiger partial charge in [0, 0.05) is 0 Å². The minimum Gasteiger partial charge on any atom is -0.481 e. The molecule has 0 aliphatic rings. The molecule has 92 valence electrons. The van der Waals surface area contributed by atoms with Crippen LogP contribution >= 0.6 is 0 Å². The summed E-state index contributed by atoms with van der Waals surface area (Å²) in [5.41, 5.74) is 0. The van der Waals surface area contributed by atoms with E-state index in [1.165, 1.54) is 14.2 Å². The summed E-state index contributed by atoms with van der Waals surface area (Å²) in [5, 5.41) is 3.06. The molecule has 1 heterocycles. The third kappa shape index (κ3) is 3.52. The number of aromatic nitrogens is 2. The van der Waals surface area contributed by atoms with E-state index in [0.717, 1.165) is 0 Å².